The molecular weight excluding hydrogens is 286 g/mol. The molecule has 1 aliphatic carbocycles. The average molecular weight is 309 g/mol. The SMILES string of the molecule is COc1cc(C#Cc2cccn2C2CCCCC2)cc(OC)c1. The van der Waals surface area contributed by atoms with Crippen LogP contribution in [0.1, 0.15) is 49.4 Å². The van der Waals surface area contributed by atoms with Crippen LogP contribution in [0.5, 0.6) is 11.5 Å². The number of methoxy groups -OCH3 is 2. The Morgan fingerprint density at radius 3 is 2.30 bits per heavy atom. The Balaban J connectivity index is 1.86. The second-order valence-electron chi connectivity index (χ2n) is 5.94. The lowest BCUT2D eigenvalue weighted by Gasteiger charge is -2.24. The van der Waals surface area contributed by atoms with E-state index >= 15 is 0 Å². The van der Waals surface area contributed by atoms with Crippen LogP contribution in [0.15, 0.2) is 36.5 Å². The normalized spacial score (nSPS) is 14.9. The van der Waals surface area contributed by atoms with Gasteiger partial charge in [0, 0.05) is 23.9 Å². The second kappa shape index (κ2) is 7.28. The van der Waals surface area contributed by atoms with Crippen molar-refractivity contribution >= 4 is 0 Å². The van der Waals surface area contributed by atoms with E-state index in [4.69, 9.17) is 9.47 Å². The van der Waals surface area contributed by atoms with Crippen molar-refractivity contribution in [3.05, 3.63) is 47.8 Å². The monoisotopic (exact) mass is 309 g/mol. The van der Waals surface area contributed by atoms with E-state index in [0.29, 0.717) is 6.04 Å². The van der Waals surface area contributed by atoms with E-state index in [1.807, 2.05) is 18.2 Å². The topological polar surface area (TPSA) is 23.4 Å². The molecule has 0 atom stereocenters. The number of hydrogen-bond donors (Lipinski definition) is 0. The molecule has 1 fully saturated rings. The highest BCUT2D eigenvalue weighted by molar-refractivity contribution is 5.48. The van der Waals surface area contributed by atoms with Crippen LogP contribution >= 0.6 is 0 Å². The van der Waals surface area contributed by atoms with E-state index in [1.165, 1.54) is 32.1 Å². The molecule has 23 heavy (non-hydrogen) atoms. The van der Waals surface area contributed by atoms with Gasteiger partial charge in [-0.25, -0.2) is 0 Å². The van der Waals surface area contributed by atoms with Gasteiger partial charge in [0.05, 0.1) is 19.9 Å². The van der Waals surface area contributed by atoms with Gasteiger partial charge < -0.3 is 14.0 Å². The number of ether oxygens (including phenoxy) is 2. The molecule has 1 aromatic heterocycles. The number of aromatic nitrogens is 1. The Hall–Kier alpha value is -2.34. The summed E-state index contributed by atoms with van der Waals surface area (Å²) in [6, 6.07) is 10.5. The van der Waals surface area contributed by atoms with Gasteiger partial charge in [-0.15, -0.1) is 0 Å². The maximum atomic E-state index is 5.30. The third kappa shape index (κ3) is 3.71. The molecule has 0 amide bonds. The van der Waals surface area contributed by atoms with E-state index < -0.39 is 0 Å². The first-order valence-corrected chi connectivity index (χ1v) is 8.22. The molecule has 0 bridgehead atoms. The van der Waals surface area contributed by atoms with Crippen molar-refractivity contribution in [3.8, 4) is 23.3 Å². The fourth-order valence-electron chi connectivity index (χ4n) is 3.19. The van der Waals surface area contributed by atoms with Gasteiger partial charge in [0.2, 0.25) is 0 Å². The van der Waals surface area contributed by atoms with Gasteiger partial charge in [0.15, 0.2) is 0 Å². The van der Waals surface area contributed by atoms with Crippen molar-refractivity contribution in [2.75, 3.05) is 14.2 Å². The summed E-state index contributed by atoms with van der Waals surface area (Å²) in [5, 5.41) is 0. The predicted molar refractivity (Wildman–Crippen MR) is 92.1 cm³/mol. The standard InChI is InChI=1S/C20H23NO2/c1-22-19-13-16(14-20(15-19)23-2)10-11-18-9-6-12-21(18)17-7-4-3-5-8-17/h6,9,12-15,17H,3-5,7-8H2,1-2H3. The summed E-state index contributed by atoms with van der Waals surface area (Å²) in [5.41, 5.74) is 1.98. The number of benzene rings is 1. The lowest BCUT2D eigenvalue weighted by molar-refractivity contribution is 0.352. The maximum absolute atomic E-state index is 5.30. The summed E-state index contributed by atoms with van der Waals surface area (Å²) in [5.74, 6) is 8.08. The molecule has 1 aliphatic rings. The summed E-state index contributed by atoms with van der Waals surface area (Å²) in [4.78, 5) is 0. The molecule has 0 N–H and O–H groups in total. The van der Waals surface area contributed by atoms with Crippen LogP contribution in [0.4, 0.5) is 0 Å². The Kier molecular flexibility index (Phi) is 4.92. The molecule has 1 heterocycles. The summed E-state index contributed by atoms with van der Waals surface area (Å²) in [6.45, 7) is 0. The van der Waals surface area contributed by atoms with E-state index in [1.54, 1.807) is 14.2 Å². The second-order valence-corrected chi connectivity index (χ2v) is 5.94. The van der Waals surface area contributed by atoms with Gasteiger partial charge in [-0.3, -0.25) is 0 Å². The molecular formula is C20H23NO2. The van der Waals surface area contributed by atoms with Crippen LogP contribution in [0.25, 0.3) is 0 Å². The van der Waals surface area contributed by atoms with Gasteiger partial charge in [0.25, 0.3) is 0 Å². The van der Waals surface area contributed by atoms with Crippen LogP contribution in [-0.4, -0.2) is 18.8 Å². The summed E-state index contributed by atoms with van der Waals surface area (Å²) in [6.07, 6.45) is 8.69. The van der Waals surface area contributed by atoms with Crippen LogP contribution in [-0.2, 0) is 0 Å². The first kappa shape index (κ1) is 15.6. The smallest absolute Gasteiger partial charge is 0.123 e. The summed E-state index contributed by atoms with van der Waals surface area (Å²) < 4.78 is 12.9. The highest BCUT2D eigenvalue weighted by Crippen LogP contribution is 2.29. The molecule has 1 aromatic carbocycles. The van der Waals surface area contributed by atoms with Crippen molar-refractivity contribution < 1.29 is 9.47 Å². The van der Waals surface area contributed by atoms with E-state index in [2.05, 4.69) is 34.7 Å². The Labute approximate surface area is 138 Å². The fourth-order valence-corrected chi connectivity index (χ4v) is 3.19. The van der Waals surface area contributed by atoms with E-state index in [-0.39, 0.29) is 0 Å². The van der Waals surface area contributed by atoms with Gasteiger partial charge in [-0.2, -0.15) is 0 Å². The zero-order valence-electron chi connectivity index (χ0n) is 13.8. The van der Waals surface area contributed by atoms with Crippen molar-refractivity contribution in [2.24, 2.45) is 0 Å². The van der Waals surface area contributed by atoms with Gasteiger partial charge in [0.1, 0.15) is 11.5 Å². The van der Waals surface area contributed by atoms with Gasteiger partial charge in [-0.05, 0) is 43.0 Å². The first-order valence-electron chi connectivity index (χ1n) is 8.22. The van der Waals surface area contributed by atoms with E-state index in [9.17, 15) is 0 Å². The lowest BCUT2D eigenvalue weighted by Crippen LogP contribution is -2.13. The molecule has 3 heteroatoms. The molecule has 1 saturated carbocycles. The van der Waals surface area contributed by atoms with E-state index in [0.717, 1.165) is 22.8 Å². The Morgan fingerprint density at radius 1 is 0.957 bits per heavy atom. The van der Waals surface area contributed by atoms with Crippen LogP contribution in [0, 0.1) is 11.8 Å². The largest absolute Gasteiger partial charge is 0.497 e. The molecule has 3 rings (SSSR count). The molecule has 3 nitrogen and oxygen atoms in total. The molecule has 0 unspecified atom stereocenters. The minimum Gasteiger partial charge on any atom is -0.497 e. The minimum absolute atomic E-state index is 0.600. The quantitative estimate of drug-likeness (QED) is 0.784. The van der Waals surface area contributed by atoms with Crippen LogP contribution in [0.2, 0.25) is 0 Å². The molecule has 0 saturated heterocycles. The Bertz CT molecular complexity index is 692. The predicted octanol–water partition coefficient (Wildman–Crippen LogP) is 4.41. The molecule has 120 valence electrons. The van der Waals surface area contributed by atoms with Crippen molar-refractivity contribution in [2.45, 2.75) is 38.1 Å². The fraction of sp³-hybridized carbons (Fsp3) is 0.400. The first-order chi connectivity index (χ1) is 11.3. The Morgan fingerprint density at radius 2 is 1.65 bits per heavy atom. The van der Waals surface area contributed by atoms with Crippen molar-refractivity contribution in [1.82, 2.24) is 4.57 Å². The van der Waals surface area contributed by atoms with Crippen molar-refractivity contribution in [1.29, 1.82) is 0 Å². The number of hydrogen-bond acceptors (Lipinski definition) is 2. The molecule has 0 radical (unpaired) electrons. The number of rotatable bonds is 3. The lowest BCUT2D eigenvalue weighted by atomic mass is 9.95. The highest BCUT2D eigenvalue weighted by Gasteiger charge is 2.16. The highest BCUT2D eigenvalue weighted by atomic mass is 16.5. The third-order valence-electron chi connectivity index (χ3n) is 4.43. The average Bonchev–Trinajstić information content (AvgIpc) is 3.09. The maximum Gasteiger partial charge on any atom is 0.123 e. The molecule has 2 aromatic rings. The van der Waals surface area contributed by atoms with Crippen molar-refractivity contribution in [3.63, 3.8) is 0 Å². The van der Waals surface area contributed by atoms with Gasteiger partial charge >= 0.3 is 0 Å². The summed E-state index contributed by atoms with van der Waals surface area (Å²) in [7, 11) is 3.31. The number of nitrogens with zero attached hydrogens (tertiary/aromatic N) is 1. The van der Waals surface area contributed by atoms with Gasteiger partial charge in [-0.1, -0.05) is 25.2 Å². The zero-order chi connectivity index (χ0) is 16.1. The molecule has 0 spiro atoms. The van der Waals surface area contributed by atoms with Crippen LogP contribution in [0.3, 0.4) is 0 Å². The zero-order valence-corrected chi connectivity index (χ0v) is 13.8. The van der Waals surface area contributed by atoms with Crippen LogP contribution < -0.4 is 9.47 Å². The molecule has 0 aliphatic heterocycles. The minimum atomic E-state index is 0.600. The third-order valence-corrected chi connectivity index (χ3v) is 4.43. The summed E-state index contributed by atoms with van der Waals surface area (Å²) >= 11 is 0.